The normalized spacial score (nSPS) is 11.4. The van der Waals surface area contributed by atoms with Crippen molar-refractivity contribution in [1.29, 1.82) is 0 Å². The van der Waals surface area contributed by atoms with Gasteiger partial charge in [-0.2, -0.15) is 0 Å². The molecule has 0 atom stereocenters. The maximum Gasteiger partial charge on any atom is 0.269 e. The Hall–Kier alpha value is -2.63. The summed E-state index contributed by atoms with van der Waals surface area (Å²) in [4.78, 5) is 19.7. The van der Waals surface area contributed by atoms with Crippen molar-refractivity contribution >= 4 is 64.2 Å². The number of benzene rings is 1. The summed E-state index contributed by atoms with van der Waals surface area (Å²) < 4.78 is 27.7. The van der Waals surface area contributed by atoms with Crippen LogP contribution in [0.4, 0.5) is 0 Å². The molecule has 1 N–H and O–H groups in total. The van der Waals surface area contributed by atoms with Gasteiger partial charge in [0.1, 0.15) is 20.2 Å². The van der Waals surface area contributed by atoms with Crippen LogP contribution in [0.3, 0.4) is 0 Å². The number of nitrogens with zero attached hydrogens (tertiary/aromatic N) is 5. The summed E-state index contributed by atoms with van der Waals surface area (Å²) in [6.45, 7) is 1.91. The molecule has 0 saturated carbocycles. The molecule has 4 heterocycles. The third-order valence-electron chi connectivity index (χ3n) is 4.14. The van der Waals surface area contributed by atoms with E-state index in [1.165, 1.54) is 12.4 Å². The minimum absolute atomic E-state index is 0.227. The van der Waals surface area contributed by atoms with Gasteiger partial charge < -0.3 is 4.98 Å². The minimum atomic E-state index is -3.65. The Bertz CT molecular complexity index is 1450. The van der Waals surface area contributed by atoms with Gasteiger partial charge in [-0.15, -0.1) is 0 Å². The predicted molar refractivity (Wildman–Crippen MR) is 121 cm³/mol. The first-order chi connectivity index (χ1) is 14.3. The van der Waals surface area contributed by atoms with E-state index in [1.54, 1.807) is 36.5 Å². The monoisotopic (exact) mass is 548 g/mol. The Labute approximate surface area is 188 Å². The fraction of sp³-hybridized carbons (Fsp3) is 0.0526. The molecule has 0 radical (unpaired) electrons. The van der Waals surface area contributed by atoms with Crippen LogP contribution in [0.15, 0.2) is 75.3 Å². The lowest BCUT2D eigenvalue weighted by atomic mass is 10.2. The number of aromatic amines is 1. The number of rotatable bonds is 2. The van der Waals surface area contributed by atoms with Crippen molar-refractivity contribution in [3.05, 3.63) is 76.0 Å². The van der Waals surface area contributed by atoms with Gasteiger partial charge in [0.2, 0.25) is 0 Å². The summed E-state index contributed by atoms with van der Waals surface area (Å²) in [5.74, 6) is 0. The number of hydrogen-bond donors (Lipinski definition) is 1. The number of fused-ring (bicyclic) bond motifs is 2. The molecular weight excluding hydrogens is 536 g/mol. The first-order valence-electron chi connectivity index (χ1n) is 8.62. The highest BCUT2D eigenvalue weighted by atomic mass is 79.9. The Morgan fingerprint density at radius 1 is 0.900 bits per heavy atom. The lowest BCUT2D eigenvalue weighted by molar-refractivity contribution is 0.588. The van der Waals surface area contributed by atoms with E-state index in [9.17, 15) is 8.42 Å². The number of H-pyrrole nitrogens is 1. The third kappa shape index (κ3) is 4.13. The molecule has 0 spiro atoms. The van der Waals surface area contributed by atoms with Crippen molar-refractivity contribution in [2.45, 2.75) is 11.8 Å². The van der Waals surface area contributed by atoms with Crippen molar-refractivity contribution in [3.8, 4) is 0 Å². The summed E-state index contributed by atoms with van der Waals surface area (Å²) in [5, 5.41) is 0. The van der Waals surface area contributed by atoms with E-state index < -0.39 is 10.0 Å². The van der Waals surface area contributed by atoms with Crippen LogP contribution in [0.2, 0.25) is 0 Å². The van der Waals surface area contributed by atoms with Gasteiger partial charge >= 0.3 is 0 Å². The average Bonchev–Trinajstić information content (AvgIpc) is 3.35. The maximum absolute atomic E-state index is 12.6. The molecule has 30 heavy (non-hydrogen) atoms. The van der Waals surface area contributed by atoms with Gasteiger partial charge in [-0.05, 0) is 63.0 Å². The topological polar surface area (TPSA) is 106 Å². The van der Waals surface area contributed by atoms with E-state index in [4.69, 9.17) is 0 Å². The lowest BCUT2D eigenvalue weighted by Gasteiger charge is -2.07. The fourth-order valence-corrected chi connectivity index (χ4v) is 4.57. The quantitative estimate of drug-likeness (QED) is 0.348. The number of halogens is 2. The SMILES string of the molecule is Brc1cnc2[nH]ccc2n1.Cc1ccc(S(=O)(=O)n2ccc3nc(Br)cnc32)cc1. The molecule has 0 unspecified atom stereocenters. The van der Waals surface area contributed by atoms with Crippen LogP contribution >= 0.6 is 31.9 Å². The third-order valence-corrected chi connectivity index (χ3v) is 6.58. The summed E-state index contributed by atoms with van der Waals surface area (Å²) in [6, 6.07) is 10.2. The number of hydrogen-bond acceptors (Lipinski definition) is 6. The molecule has 0 bridgehead atoms. The first kappa shape index (κ1) is 20.6. The highest BCUT2D eigenvalue weighted by Gasteiger charge is 2.19. The highest BCUT2D eigenvalue weighted by Crippen LogP contribution is 2.21. The molecule has 0 saturated heterocycles. The van der Waals surface area contributed by atoms with Crippen molar-refractivity contribution in [1.82, 2.24) is 28.9 Å². The van der Waals surface area contributed by atoms with Crippen molar-refractivity contribution in [3.63, 3.8) is 0 Å². The molecule has 0 amide bonds. The molecule has 0 aliphatic carbocycles. The Morgan fingerprint density at radius 3 is 2.30 bits per heavy atom. The summed E-state index contributed by atoms with van der Waals surface area (Å²) in [7, 11) is -3.65. The molecular formula is C19H14Br2N6O2S. The van der Waals surface area contributed by atoms with Crippen LogP contribution in [-0.4, -0.2) is 37.3 Å². The number of aryl methyl sites for hydroxylation is 1. The zero-order chi connectivity index (χ0) is 21.3. The van der Waals surface area contributed by atoms with E-state index in [-0.39, 0.29) is 4.90 Å². The van der Waals surface area contributed by atoms with Gasteiger partial charge in [0, 0.05) is 12.4 Å². The standard InChI is InChI=1S/C13H10BrN3O2S.C6H4BrN3/c1-9-2-4-10(5-3-9)20(18,19)17-7-6-11-13(17)15-8-12(14)16-11;7-5-3-9-6-4(10-5)1-2-8-6/h2-8H,1H3;1-3H,(H,8,9). The zero-order valence-electron chi connectivity index (χ0n) is 15.5. The zero-order valence-corrected chi connectivity index (χ0v) is 19.5. The lowest BCUT2D eigenvalue weighted by Crippen LogP contribution is -2.12. The van der Waals surface area contributed by atoms with Gasteiger partial charge in [-0.25, -0.2) is 32.3 Å². The van der Waals surface area contributed by atoms with Crippen LogP contribution in [-0.2, 0) is 10.0 Å². The summed E-state index contributed by atoms with van der Waals surface area (Å²) in [6.07, 6.45) is 6.42. The molecule has 0 aliphatic rings. The molecule has 8 nitrogen and oxygen atoms in total. The number of aromatic nitrogens is 6. The smallest absolute Gasteiger partial charge is 0.269 e. The second-order valence-corrected chi connectivity index (χ2v) is 9.68. The van der Waals surface area contributed by atoms with Crippen LogP contribution in [0.25, 0.3) is 22.3 Å². The summed E-state index contributed by atoms with van der Waals surface area (Å²) >= 11 is 6.44. The van der Waals surface area contributed by atoms with Crippen molar-refractivity contribution < 1.29 is 8.42 Å². The molecule has 5 rings (SSSR count). The van der Waals surface area contributed by atoms with Gasteiger partial charge in [-0.1, -0.05) is 17.7 Å². The van der Waals surface area contributed by atoms with Gasteiger partial charge in [-0.3, -0.25) is 0 Å². The highest BCUT2D eigenvalue weighted by molar-refractivity contribution is 9.10. The minimum Gasteiger partial charge on any atom is -0.345 e. The van der Waals surface area contributed by atoms with Crippen LogP contribution in [0.1, 0.15) is 5.56 Å². The van der Waals surface area contributed by atoms with E-state index in [0.29, 0.717) is 15.8 Å². The Kier molecular flexibility index (Phi) is 5.67. The molecule has 152 valence electrons. The predicted octanol–water partition coefficient (Wildman–Crippen LogP) is 4.46. The second kappa shape index (κ2) is 8.25. The molecule has 5 aromatic rings. The van der Waals surface area contributed by atoms with Gasteiger partial charge in [0.25, 0.3) is 10.0 Å². The van der Waals surface area contributed by atoms with E-state index in [0.717, 1.165) is 25.3 Å². The average molecular weight is 550 g/mol. The molecule has 0 aliphatic heterocycles. The van der Waals surface area contributed by atoms with Crippen LogP contribution < -0.4 is 0 Å². The van der Waals surface area contributed by atoms with Crippen molar-refractivity contribution in [2.24, 2.45) is 0 Å². The first-order valence-corrected chi connectivity index (χ1v) is 11.6. The fourth-order valence-electron chi connectivity index (χ4n) is 2.69. The van der Waals surface area contributed by atoms with Gasteiger partial charge in [0.05, 0.1) is 17.3 Å². The van der Waals surface area contributed by atoms with E-state index >= 15 is 0 Å². The summed E-state index contributed by atoms with van der Waals surface area (Å²) in [5.41, 5.74) is 3.55. The van der Waals surface area contributed by atoms with Crippen molar-refractivity contribution in [2.75, 3.05) is 0 Å². The molecule has 0 fully saturated rings. The molecule has 11 heteroatoms. The van der Waals surface area contributed by atoms with E-state index in [1.807, 2.05) is 19.2 Å². The Balaban J connectivity index is 0.000000181. The Morgan fingerprint density at radius 2 is 1.57 bits per heavy atom. The molecule has 1 aromatic carbocycles. The second-order valence-electron chi connectivity index (χ2n) is 6.24. The maximum atomic E-state index is 12.6. The van der Waals surface area contributed by atoms with Crippen LogP contribution in [0, 0.1) is 6.92 Å². The molecule has 4 aromatic heterocycles. The van der Waals surface area contributed by atoms with Crippen LogP contribution in [0.5, 0.6) is 0 Å². The van der Waals surface area contributed by atoms with E-state index in [2.05, 4.69) is 56.8 Å². The van der Waals surface area contributed by atoms with Gasteiger partial charge in [0.15, 0.2) is 11.3 Å². The number of nitrogens with one attached hydrogen (secondary N) is 1. The largest absolute Gasteiger partial charge is 0.345 e.